The third kappa shape index (κ3) is 3.67. The maximum absolute atomic E-state index is 4.75. The smallest absolute Gasteiger partial charge is 0.0954 e. The number of nitrogens with zero attached hydrogens (tertiary/aromatic N) is 3. The van der Waals surface area contributed by atoms with Gasteiger partial charge in [-0.15, -0.1) is 0 Å². The molecule has 1 aromatic carbocycles. The molecule has 1 heterocycles. The molecule has 0 spiro atoms. The molecule has 2 aromatic rings. The fourth-order valence-electron chi connectivity index (χ4n) is 2.22. The molecule has 0 aliphatic heterocycles. The van der Waals surface area contributed by atoms with Crippen molar-refractivity contribution in [2.24, 2.45) is 0 Å². The minimum atomic E-state index is 0.984. The van der Waals surface area contributed by atoms with Gasteiger partial charge in [0, 0.05) is 18.3 Å². The predicted octanol–water partition coefficient (Wildman–Crippen LogP) is 3.06. The van der Waals surface area contributed by atoms with Gasteiger partial charge in [0.15, 0.2) is 0 Å². The molecule has 0 fully saturated rings. The molecule has 0 saturated carbocycles. The van der Waals surface area contributed by atoms with Gasteiger partial charge in [-0.3, -0.25) is 4.68 Å². The van der Waals surface area contributed by atoms with Crippen LogP contribution in [-0.4, -0.2) is 35.3 Å². The lowest BCUT2D eigenvalue weighted by atomic mass is 10.1. The Bertz CT molecular complexity index is 500. The summed E-state index contributed by atoms with van der Waals surface area (Å²) in [6.45, 7) is 4.27. The Kier molecular flexibility index (Phi) is 4.74. The first-order chi connectivity index (χ1) is 9.20. The zero-order valence-corrected chi connectivity index (χ0v) is 12.1. The van der Waals surface area contributed by atoms with Gasteiger partial charge in [-0.1, -0.05) is 37.3 Å². The lowest BCUT2D eigenvalue weighted by Crippen LogP contribution is -2.15. The number of hydrogen-bond donors (Lipinski definition) is 0. The minimum absolute atomic E-state index is 0.984. The maximum Gasteiger partial charge on any atom is 0.0954 e. The van der Waals surface area contributed by atoms with Crippen LogP contribution in [0.25, 0.3) is 11.3 Å². The molecule has 0 unspecified atom stereocenters. The van der Waals surface area contributed by atoms with Gasteiger partial charge in [0.05, 0.1) is 5.69 Å². The average Bonchev–Trinajstić information content (AvgIpc) is 2.82. The second-order valence-electron chi connectivity index (χ2n) is 5.14. The Labute approximate surface area is 115 Å². The molecule has 19 heavy (non-hydrogen) atoms. The summed E-state index contributed by atoms with van der Waals surface area (Å²) in [5.41, 5.74) is 3.68. The molecule has 102 valence electrons. The molecule has 3 heteroatoms. The van der Waals surface area contributed by atoms with Crippen molar-refractivity contribution in [3.63, 3.8) is 0 Å². The lowest BCUT2D eigenvalue weighted by molar-refractivity contribution is 0.380. The SMILES string of the molecule is CCc1cn(CCCN(C)C)nc1-c1ccccc1. The van der Waals surface area contributed by atoms with Gasteiger partial charge in [0.1, 0.15) is 0 Å². The fraction of sp³-hybridized carbons (Fsp3) is 0.438. The maximum atomic E-state index is 4.75. The molecule has 0 amide bonds. The third-order valence-corrected chi connectivity index (χ3v) is 3.26. The van der Waals surface area contributed by atoms with Crippen molar-refractivity contribution in [1.82, 2.24) is 14.7 Å². The predicted molar refractivity (Wildman–Crippen MR) is 80.2 cm³/mol. The summed E-state index contributed by atoms with van der Waals surface area (Å²) < 4.78 is 2.09. The number of aryl methyl sites for hydroxylation is 2. The van der Waals surface area contributed by atoms with Gasteiger partial charge in [0.25, 0.3) is 0 Å². The monoisotopic (exact) mass is 257 g/mol. The topological polar surface area (TPSA) is 21.1 Å². The van der Waals surface area contributed by atoms with E-state index in [1.807, 2.05) is 6.07 Å². The zero-order valence-electron chi connectivity index (χ0n) is 12.1. The molecule has 0 aliphatic rings. The van der Waals surface area contributed by atoms with Crippen LogP contribution in [0.3, 0.4) is 0 Å². The van der Waals surface area contributed by atoms with Crippen molar-refractivity contribution in [2.75, 3.05) is 20.6 Å². The molecule has 0 aliphatic carbocycles. The summed E-state index contributed by atoms with van der Waals surface area (Å²) in [6.07, 6.45) is 4.35. The zero-order chi connectivity index (χ0) is 13.7. The van der Waals surface area contributed by atoms with E-state index in [-0.39, 0.29) is 0 Å². The Hall–Kier alpha value is -1.61. The van der Waals surface area contributed by atoms with Crippen molar-refractivity contribution >= 4 is 0 Å². The van der Waals surface area contributed by atoms with Gasteiger partial charge in [0.2, 0.25) is 0 Å². The summed E-state index contributed by atoms with van der Waals surface area (Å²) in [6, 6.07) is 10.4. The van der Waals surface area contributed by atoms with Crippen LogP contribution in [0.2, 0.25) is 0 Å². The van der Waals surface area contributed by atoms with Gasteiger partial charge >= 0.3 is 0 Å². The van der Waals surface area contributed by atoms with Crippen LogP contribution in [-0.2, 0) is 13.0 Å². The Morgan fingerprint density at radius 2 is 1.89 bits per heavy atom. The quantitative estimate of drug-likeness (QED) is 0.793. The van der Waals surface area contributed by atoms with Gasteiger partial charge in [-0.25, -0.2) is 0 Å². The second-order valence-corrected chi connectivity index (χ2v) is 5.14. The summed E-state index contributed by atoms with van der Waals surface area (Å²) in [7, 11) is 4.21. The van der Waals surface area contributed by atoms with E-state index < -0.39 is 0 Å². The Morgan fingerprint density at radius 1 is 1.16 bits per heavy atom. The highest BCUT2D eigenvalue weighted by Crippen LogP contribution is 2.22. The van der Waals surface area contributed by atoms with E-state index in [1.165, 1.54) is 11.1 Å². The van der Waals surface area contributed by atoms with Gasteiger partial charge in [-0.2, -0.15) is 5.10 Å². The molecule has 0 saturated heterocycles. The van der Waals surface area contributed by atoms with E-state index in [0.29, 0.717) is 0 Å². The summed E-state index contributed by atoms with van der Waals surface area (Å²) in [4.78, 5) is 2.21. The Balaban J connectivity index is 2.14. The van der Waals surface area contributed by atoms with E-state index in [0.717, 1.165) is 31.6 Å². The van der Waals surface area contributed by atoms with Crippen molar-refractivity contribution in [1.29, 1.82) is 0 Å². The standard InChI is InChI=1S/C16H23N3/c1-4-14-13-19(12-8-11-18(2)3)17-16(14)15-9-6-5-7-10-15/h5-7,9-10,13H,4,8,11-12H2,1-3H3. The van der Waals surface area contributed by atoms with Crippen molar-refractivity contribution in [3.05, 3.63) is 42.1 Å². The van der Waals surface area contributed by atoms with E-state index in [9.17, 15) is 0 Å². The average molecular weight is 257 g/mol. The molecule has 2 rings (SSSR count). The second kappa shape index (κ2) is 6.53. The van der Waals surface area contributed by atoms with Crippen LogP contribution in [0.5, 0.6) is 0 Å². The fourth-order valence-corrected chi connectivity index (χ4v) is 2.22. The van der Waals surface area contributed by atoms with Crippen molar-refractivity contribution in [2.45, 2.75) is 26.3 Å². The number of rotatable bonds is 6. The molecule has 0 bridgehead atoms. The summed E-state index contributed by atoms with van der Waals surface area (Å²) in [5, 5.41) is 4.75. The minimum Gasteiger partial charge on any atom is -0.309 e. The first kappa shape index (κ1) is 13.8. The van der Waals surface area contributed by atoms with Gasteiger partial charge in [-0.05, 0) is 39.0 Å². The molecule has 0 atom stereocenters. The van der Waals surface area contributed by atoms with Crippen LogP contribution < -0.4 is 0 Å². The van der Waals surface area contributed by atoms with Crippen molar-refractivity contribution in [3.8, 4) is 11.3 Å². The third-order valence-electron chi connectivity index (χ3n) is 3.26. The van der Waals surface area contributed by atoms with Crippen LogP contribution >= 0.6 is 0 Å². The summed E-state index contributed by atoms with van der Waals surface area (Å²) >= 11 is 0. The van der Waals surface area contributed by atoms with E-state index in [1.54, 1.807) is 0 Å². The highest BCUT2D eigenvalue weighted by molar-refractivity contribution is 5.62. The summed E-state index contributed by atoms with van der Waals surface area (Å²) in [5.74, 6) is 0. The number of benzene rings is 1. The van der Waals surface area contributed by atoms with E-state index >= 15 is 0 Å². The Morgan fingerprint density at radius 3 is 2.53 bits per heavy atom. The van der Waals surface area contributed by atoms with E-state index in [2.05, 4.69) is 61.1 Å². The largest absolute Gasteiger partial charge is 0.309 e. The number of aromatic nitrogens is 2. The normalized spacial score (nSPS) is 11.2. The molecular formula is C16H23N3. The molecule has 3 nitrogen and oxygen atoms in total. The molecule has 1 aromatic heterocycles. The van der Waals surface area contributed by atoms with Crippen LogP contribution in [0.1, 0.15) is 18.9 Å². The van der Waals surface area contributed by atoms with E-state index in [4.69, 9.17) is 5.10 Å². The van der Waals surface area contributed by atoms with Crippen LogP contribution in [0, 0.1) is 0 Å². The number of hydrogen-bond acceptors (Lipinski definition) is 2. The highest BCUT2D eigenvalue weighted by Gasteiger charge is 2.09. The van der Waals surface area contributed by atoms with Gasteiger partial charge < -0.3 is 4.90 Å². The first-order valence-corrected chi connectivity index (χ1v) is 6.97. The molecule has 0 radical (unpaired) electrons. The van der Waals surface area contributed by atoms with Crippen LogP contribution in [0.15, 0.2) is 36.5 Å². The van der Waals surface area contributed by atoms with Crippen molar-refractivity contribution < 1.29 is 0 Å². The molecule has 0 N–H and O–H groups in total. The first-order valence-electron chi connectivity index (χ1n) is 6.97. The molecular weight excluding hydrogens is 234 g/mol. The van der Waals surface area contributed by atoms with Crippen LogP contribution in [0.4, 0.5) is 0 Å². The lowest BCUT2D eigenvalue weighted by Gasteiger charge is -2.08. The highest BCUT2D eigenvalue weighted by atomic mass is 15.3.